The molecule has 0 fully saturated rings. The number of para-hydroxylation sites is 1. The molecule has 1 aromatic heterocycles. The van der Waals surface area contributed by atoms with E-state index in [1.807, 2.05) is 53.4 Å². The first kappa shape index (κ1) is 15.5. The van der Waals surface area contributed by atoms with E-state index in [4.69, 9.17) is 14.2 Å². The van der Waals surface area contributed by atoms with Crippen LogP contribution >= 0.6 is 0 Å². The van der Waals surface area contributed by atoms with E-state index in [1.165, 1.54) is 0 Å². The van der Waals surface area contributed by atoms with E-state index in [2.05, 4.69) is 4.98 Å². The molecule has 0 aliphatic carbocycles. The van der Waals surface area contributed by atoms with Gasteiger partial charge in [-0.2, -0.15) is 0 Å². The zero-order valence-corrected chi connectivity index (χ0v) is 14.9. The summed E-state index contributed by atoms with van der Waals surface area (Å²) in [6.07, 6.45) is 3.48. The predicted molar refractivity (Wildman–Crippen MR) is 101 cm³/mol. The number of fused-ring (bicyclic) bond motifs is 5. The van der Waals surface area contributed by atoms with Crippen molar-refractivity contribution < 1.29 is 19.0 Å². The van der Waals surface area contributed by atoms with Crippen LogP contribution in [0, 0.1) is 0 Å². The van der Waals surface area contributed by atoms with Gasteiger partial charge in [0.2, 0.25) is 12.7 Å². The monoisotopic (exact) mass is 372 g/mol. The highest BCUT2D eigenvalue weighted by molar-refractivity contribution is 6.11. The number of carbonyl (C=O) groups excluding carboxylic acids is 1. The van der Waals surface area contributed by atoms with Crippen molar-refractivity contribution in [3.63, 3.8) is 0 Å². The summed E-state index contributed by atoms with van der Waals surface area (Å²) in [5.74, 6) is 2.01. The fourth-order valence-corrected chi connectivity index (χ4v) is 4.39. The lowest BCUT2D eigenvalue weighted by atomic mass is 9.77. The zero-order valence-electron chi connectivity index (χ0n) is 14.9. The lowest BCUT2D eigenvalue weighted by Gasteiger charge is -2.23. The average molecular weight is 372 g/mol. The van der Waals surface area contributed by atoms with Crippen molar-refractivity contribution >= 4 is 11.6 Å². The SMILES string of the molecule is O=C1N(Cc2ccncc2)c2ccccc2C12COc1cc3c(cc12)OCO3. The molecule has 3 aromatic rings. The van der Waals surface area contributed by atoms with Gasteiger partial charge in [-0.05, 0) is 35.4 Å². The van der Waals surface area contributed by atoms with Crippen LogP contribution in [0.25, 0.3) is 0 Å². The molecule has 6 nitrogen and oxygen atoms in total. The number of aromatic nitrogens is 1. The van der Waals surface area contributed by atoms with Crippen molar-refractivity contribution in [3.05, 3.63) is 77.6 Å². The molecule has 1 spiro atoms. The molecule has 138 valence electrons. The Balaban J connectivity index is 1.52. The minimum absolute atomic E-state index is 0.0168. The summed E-state index contributed by atoms with van der Waals surface area (Å²) in [6, 6.07) is 15.5. The highest BCUT2D eigenvalue weighted by Crippen LogP contribution is 2.55. The van der Waals surface area contributed by atoms with Crippen LogP contribution in [0.5, 0.6) is 17.2 Å². The van der Waals surface area contributed by atoms with Crippen LogP contribution in [0.1, 0.15) is 16.7 Å². The minimum atomic E-state index is -0.861. The summed E-state index contributed by atoms with van der Waals surface area (Å²) < 4.78 is 17.0. The summed E-state index contributed by atoms with van der Waals surface area (Å²) in [6.45, 7) is 0.942. The second kappa shape index (κ2) is 5.48. The lowest BCUT2D eigenvalue weighted by molar-refractivity contribution is -0.122. The number of hydrogen-bond acceptors (Lipinski definition) is 5. The Morgan fingerprint density at radius 3 is 2.57 bits per heavy atom. The van der Waals surface area contributed by atoms with Crippen molar-refractivity contribution in [1.82, 2.24) is 4.98 Å². The maximum Gasteiger partial charge on any atom is 0.246 e. The van der Waals surface area contributed by atoms with Crippen LogP contribution in [0.2, 0.25) is 0 Å². The molecule has 0 radical (unpaired) electrons. The number of benzene rings is 2. The first-order valence-corrected chi connectivity index (χ1v) is 9.15. The van der Waals surface area contributed by atoms with Gasteiger partial charge in [-0.3, -0.25) is 9.78 Å². The van der Waals surface area contributed by atoms with Crippen LogP contribution in [0.15, 0.2) is 60.9 Å². The minimum Gasteiger partial charge on any atom is -0.491 e. The van der Waals surface area contributed by atoms with Gasteiger partial charge >= 0.3 is 0 Å². The molecule has 6 heteroatoms. The molecular formula is C22H16N2O4. The molecular weight excluding hydrogens is 356 g/mol. The Morgan fingerprint density at radius 1 is 0.929 bits per heavy atom. The largest absolute Gasteiger partial charge is 0.491 e. The molecule has 3 aliphatic rings. The number of hydrogen-bond donors (Lipinski definition) is 0. The molecule has 28 heavy (non-hydrogen) atoms. The fourth-order valence-electron chi connectivity index (χ4n) is 4.39. The van der Waals surface area contributed by atoms with Gasteiger partial charge in [0.25, 0.3) is 0 Å². The van der Waals surface area contributed by atoms with Gasteiger partial charge in [-0.25, -0.2) is 0 Å². The second-order valence-corrected chi connectivity index (χ2v) is 7.16. The van der Waals surface area contributed by atoms with Gasteiger partial charge in [0.1, 0.15) is 17.8 Å². The van der Waals surface area contributed by atoms with Crippen LogP contribution in [0.4, 0.5) is 5.69 Å². The number of anilines is 1. The van der Waals surface area contributed by atoms with Gasteiger partial charge in [0.05, 0.1) is 6.54 Å². The number of ether oxygens (including phenoxy) is 3. The Hall–Kier alpha value is -3.54. The third kappa shape index (κ3) is 1.92. The second-order valence-electron chi connectivity index (χ2n) is 7.16. The predicted octanol–water partition coefficient (Wildman–Crippen LogP) is 3.04. The molecule has 1 amide bonds. The summed E-state index contributed by atoms with van der Waals surface area (Å²) in [4.78, 5) is 19.7. The van der Waals surface area contributed by atoms with Crippen LogP contribution < -0.4 is 19.1 Å². The summed E-state index contributed by atoms with van der Waals surface area (Å²) in [5, 5.41) is 0. The van der Waals surface area contributed by atoms with Gasteiger partial charge in [0.15, 0.2) is 11.5 Å². The normalized spacial score (nSPS) is 21.0. The van der Waals surface area contributed by atoms with Gasteiger partial charge < -0.3 is 19.1 Å². The van der Waals surface area contributed by atoms with E-state index >= 15 is 0 Å². The van der Waals surface area contributed by atoms with E-state index in [1.54, 1.807) is 12.4 Å². The van der Waals surface area contributed by atoms with Crippen molar-refractivity contribution in [2.24, 2.45) is 0 Å². The first-order chi connectivity index (χ1) is 13.8. The highest BCUT2D eigenvalue weighted by Gasteiger charge is 2.57. The number of rotatable bonds is 2. The molecule has 6 rings (SSSR count). The lowest BCUT2D eigenvalue weighted by Crippen LogP contribution is -2.42. The molecule has 4 heterocycles. The molecule has 0 saturated carbocycles. The molecule has 3 aliphatic heterocycles. The quantitative estimate of drug-likeness (QED) is 0.692. The summed E-state index contributed by atoms with van der Waals surface area (Å²) >= 11 is 0. The third-order valence-corrected chi connectivity index (χ3v) is 5.73. The molecule has 1 unspecified atom stereocenters. The number of pyridine rings is 1. The number of nitrogens with zero attached hydrogens (tertiary/aromatic N) is 2. The molecule has 0 saturated heterocycles. The topological polar surface area (TPSA) is 60.9 Å². The standard InChI is InChI=1S/C22H16N2O4/c25-21-22(12-26-18-10-20-19(9-16(18)22)27-13-28-20)15-3-1-2-4-17(15)24(21)11-14-5-7-23-8-6-14/h1-10H,11-13H2. The smallest absolute Gasteiger partial charge is 0.246 e. The van der Waals surface area contributed by atoms with E-state index in [9.17, 15) is 4.79 Å². The van der Waals surface area contributed by atoms with Gasteiger partial charge in [-0.15, -0.1) is 0 Å². The van der Waals surface area contributed by atoms with Crippen molar-refractivity contribution in [3.8, 4) is 17.2 Å². The maximum atomic E-state index is 13.8. The Bertz CT molecular complexity index is 1110. The third-order valence-electron chi connectivity index (χ3n) is 5.73. The van der Waals surface area contributed by atoms with Crippen LogP contribution in [0.3, 0.4) is 0 Å². The van der Waals surface area contributed by atoms with Gasteiger partial charge in [0, 0.05) is 29.7 Å². The van der Waals surface area contributed by atoms with E-state index in [-0.39, 0.29) is 19.3 Å². The van der Waals surface area contributed by atoms with Crippen molar-refractivity contribution in [2.75, 3.05) is 18.3 Å². The van der Waals surface area contributed by atoms with Gasteiger partial charge in [-0.1, -0.05) is 18.2 Å². The first-order valence-electron chi connectivity index (χ1n) is 9.15. The molecule has 1 atom stereocenters. The maximum absolute atomic E-state index is 13.8. The van der Waals surface area contributed by atoms with E-state index in [0.29, 0.717) is 23.8 Å². The highest BCUT2D eigenvalue weighted by atomic mass is 16.7. The van der Waals surface area contributed by atoms with Crippen LogP contribution in [-0.4, -0.2) is 24.3 Å². The van der Waals surface area contributed by atoms with E-state index < -0.39 is 5.41 Å². The molecule has 0 N–H and O–H groups in total. The average Bonchev–Trinajstić information content (AvgIpc) is 3.40. The molecule has 2 aromatic carbocycles. The Kier molecular flexibility index (Phi) is 3.04. The zero-order chi connectivity index (χ0) is 18.7. The van der Waals surface area contributed by atoms with E-state index in [0.717, 1.165) is 22.4 Å². The Morgan fingerprint density at radius 2 is 1.71 bits per heavy atom. The summed E-state index contributed by atoms with van der Waals surface area (Å²) in [5.41, 5.74) is 2.89. The number of carbonyl (C=O) groups is 1. The van der Waals surface area contributed by atoms with Crippen molar-refractivity contribution in [1.29, 1.82) is 0 Å². The number of amides is 1. The van der Waals surface area contributed by atoms with Crippen LogP contribution in [-0.2, 0) is 16.8 Å². The fraction of sp³-hybridized carbons (Fsp3) is 0.182. The molecule has 0 bridgehead atoms. The Labute approximate surface area is 161 Å². The van der Waals surface area contributed by atoms with Crippen molar-refractivity contribution in [2.45, 2.75) is 12.0 Å². The summed E-state index contributed by atoms with van der Waals surface area (Å²) in [7, 11) is 0.